The van der Waals surface area contributed by atoms with Gasteiger partial charge in [-0.3, -0.25) is 14.4 Å². The molecule has 45 heavy (non-hydrogen) atoms. The zero-order valence-electron chi connectivity index (χ0n) is 24.2. The van der Waals surface area contributed by atoms with Crippen LogP contribution in [0, 0.1) is 0 Å². The van der Waals surface area contributed by atoms with Gasteiger partial charge in [0.25, 0.3) is 5.91 Å². The molecule has 5 rings (SSSR count). The van der Waals surface area contributed by atoms with Gasteiger partial charge in [0.05, 0.1) is 29.6 Å². The van der Waals surface area contributed by atoms with E-state index in [0.717, 1.165) is 5.39 Å². The molecular formula is C35H28N4O6. The third kappa shape index (κ3) is 7.57. The lowest BCUT2D eigenvalue weighted by atomic mass is 10.0. The molecule has 10 heteroatoms. The van der Waals surface area contributed by atoms with Crippen LogP contribution in [0.3, 0.4) is 0 Å². The maximum atomic E-state index is 13.0. The van der Waals surface area contributed by atoms with Gasteiger partial charge < -0.3 is 20.1 Å². The third-order valence-electron chi connectivity index (χ3n) is 6.55. The summed E-state index contributed by atoms with van der Waals surface area (Å²) in [6, 6.07) is 32.5. The molecule has 0 atom stereocenters. The molecule has 0 aromatic heterocycles. The molecule has 0 spiro atoms. The van der Waals surface area contributed by atoms with Crippen LogP contribution in [0.15, 0.2) is 120 Å². The van der Waals surface area contributed by atoms with Gasteiger partial charge in [-0.15, -0.1) is 0 Å². The molecule has 0 unspecified atom stereocenters. The Bertz CT molecular complexity index is 1890. The summed E-state index contributed by atoms with van der Waals surface area (Å²) < 4.78 is 11.1. The number of nitrogens with one attached hydrogen (secondary N) is 3. The van der Waals surface area contributed by atoms with Crippen molar-refractivity contribution < 1.29 is 28.7 Å². The Labute approximate surface area is 258 Å². The van der Waals surface area contributed by atoms with Crippen molar-refractivity contribution in [3.8, 4) is 11.5 Å². The predicted octanol–water partition coefficient (Wildman–Crippen LogP) is 5.80. The Morgan fingerprint density at radius 2 is 1.44 bits per heavy atom. The SMILES string of the molecule is CCOc1ccc(NC(=O)c2ccccc2NC(=O)C(=O)NN=Cc2c(OC(=O)c3ccccc3)ccc3ccccc23)cc1. The van der Waals surface area contributed by atoms with E-state index in [2.05, 4.69) is 21.2 Å². The summed E-state index contributed by atoms with van der Waals surface area (Å²) in [7, 11) is 0. The largest absolute Gasteiger partial charge is 0.494 e. The van der Waals surface area contributed by atoms with E-state index in [4.69, 9.17) is 9.47 Å². The number of carbonyl (C=O) groups excluding carboxylic acids is 4. The van der Waals surface area contributed by atoms with Crippen molar-refractivity contribution in [2.75, 3.05) is 17.2 Å². The van der Waals surface area contributed by atoms with Crippen LogP contribution in [-0.4, -0.2) is 36.5 Å². The fraction of sp³-hybridized carbons (Fsp3) is 0.0571. The van der Waals surface area contributed by atoms with E-state index in [1.165, 1.54) is 18.3 Å². The highest BCUT2D eigenvalue weighted by Crippen LogP contribution is 2.27. The van der Waals surface area contributed by atoms with Crippen LogP contribution < -0.4 is 25.5 Å². The average molecular weight is 601 g/mol. The number of para-hydroxylation sites is 1. The maximum absolute atomic E-state index is 13.0. The number of esters is 1. The summed E-state index contributed by atoms with van der Waals surface area (Å²) in [5.41, 5.74) is 3.80. The van der Waals surface area contributed by atoms with E-state index in [0.29, 0.717) is 34.6 Å². The zero-order valence-corrected chi connectivity index (χ0v) is 24.2. The van der Waals surface area contributed by atoms with Gasteiger partial charge in [-0.2, -0.15) is 5.10 Å². The lowest BCUT2D eigenvalue weighted by molar-refractivity contribution is -0.136. The number of amides is 3. The molecule has 0 saturated heterocycles. The fourth-order valence-electron chi connectivity index (χ4n) is 4.41. The number of hydrogen-bond acceptors (Lipinski definition) is 7. The number of rotatable bonds is 9. The minimum absolute atomic E-state index is 0.134. The average Bonchev–Trinajstić information content (AvgIpc) is 3.07. The summed E-state index contributed by atoms with van der Waals surface area (Å²) in [5.74, 6) is -2.27. The van der Waals surface area contributed by atoms with Crippen LogP contribution in [0.4, 0.5) is 11.4 Å². The van der Waals surface area contributed by atoms with Crippen molar-refractivity contribution in [1.82, 2.24) is 5.43 Å². The van der Waals surface area contributed by atoms with Gasteiger partial charge >= 0.3 is 17.8 Å². The molecule has 3 amide bonds. The van der Waals surface area contributed by atoms with Crippen molar-refractivity contribution in [3.05, 3.63) is 132 Å². The van der Waals surface area contributed by atoms with Crippen LogP contribution >= 0.6 is 0 Å². The van der Waals surface area contributed by atoms with Crippen LogP contribution in [-0.2, 0) is 9.59 Å². The van der Waals surface area contributed by atoms with Crippen molar-refractivity contribution in [1.29, 1.82) is 0 Å². The second-order valence-electron chi connectivity index (χ2n) is 9.56. The minimum Gasteiger partial charge on any atom is -0.494 e. The molecule has 0 bridgehead atoms. The zero-order chi connectivity index (χ0) is 31.6. The highest BCUT2D eigenvalue weighted by Gasteiger charge is 2.18. The Balaban J connectivity index is 1.27. The van der Waals surface area contributed by atoms with E-state index >= 15 is 0 Å². The second-order valence-corrected chi connectivity index (χ2v) is 9.56. The molecule has 0 heterocycles. The molecule has 0 aliphatic heterocycles. The van der Waals surface area contributed by atoms with Crippen molar-refractivity contribution in [2.24, 2.45) is 5.10 Å². The Hall–Kier alpha value is -6.29. The molecule has 5 aromatic rings. The molecule has 0 saturated carbocycles. The minimum atomic E-state index is -1.07. The van der Waals surface area contributed by atoms with Gasteiger partial charge in [-0.1, -0.05) is 60.7 Å². The quantitative estimate of drug-likeness (QED) is 0.0644. The number of fused-ring (bicyclic) bond motifs is 1. The summed E-state index contributed by atoms with van der Waals surface area (Å²) in [6.07, 6.45) is 1.30. The van der Waals surface area contributed by atoms with Crippen LogP contribution in [0.1, 0.15) is 33.2 Å². The number of carbonyl (C=O) groups is 4. The van der Waals surface area contributed by atoms with Gasteiger partial charge in [-0.25, -0.2) is 10.2 Å². The Morgan fingerprint density at radius 3 is 2.22 bits per heavy atom. The Kier molecular flexibility index (Phi) is 9.56. The van der Waals surface area contributed by atoms with E-state index < -0.39 is 23.7 Å². The first-order valence-corrected chi connectivity index (χ1v) is 14.0. The lowest BCUT2D eigenvalue weighted by Crippen LogP contribution is -2.33. The summed E-state index contributed by atoms with van der Waals surface area (Å²) in [6.45, 7) is 2.40. The van der Waals surface area contributed by atoms with Crippen LogP contribution in [0.5, 0.6) is 11.5 Å². The smallest absolute Gasteiger partial charge is 0.343 e. The van der Waals surface area contributed by atoms with Gasteiger partial charge in [0, 0.05) is 11.3 Å². The fourth-order valence-corrected chi connectivity index (χ4v) is 4.41. The van der Waals surface area contributed by atoms with Crippen LogP contribution in [0.25, 0.3) is 10.8 Å². The molecule has 10 nitrogen and oxygen atoms in total. The summed E-state index contributed by atoms with van der Waals surface area (Å²) in [4.78, 5) is 51.1. The molecule has 224 valence electrons. The number of benzene rings is 5. The highest BCUT2D eigenvalue weighted by atomic mass is 16.5. The van der Waals surface area contributed by atoms with Gasteiger partial charge in [0.1, 0.15) is 11.5 Å². The number of hydrazone groups is 1. The lowest BCUT2D eigenvalue weighted by Gasteiger charge is -2.12. The first-order valence-electron chi connectivity index (χ1n) is 14.0. The van der Waals surface area contributed by atoms with E-state index in [-0.39, 0.29) is 17.0 Å². The topological polar surface area (TPSA) is 135 Å². The van der Waals surface area contributed by atoms with Crippen molar-refractivity contribution >= 4 is 52.1 Å². The van der Waals surface area contributed by atoms with E-state index in [1.54, 1.807) is 78.9 Å². The molecular weight excluding hydrogens is 572 g/mol. The first kappa shape index (κ1) is 30.2. The second kappa shape index (κ2) is 14.3. The molecule has 0 fully saturated rings. The van der Waals surface area contributed by atoms with E-state index in [1.807, 2.05) is 31.2 Å². The molecule has 0 aliphatic carbocycles. The molecule has 5 aromatic carbocycles. The van der Waals surface area contributed by atoms with Crippen molar-refractivity contribution in [3.63, 3.8) is 0 Å². The number of nitrogens with zero attached hydrogens (tertiary/aromatic N) is 1. The summed E-state index contributed by atoms with van der Waals surface area (Å²) >= 11 is 0. The standard InChI is InChI=1S/C35H28N4O6/c1-2-44-26-19-17-25(18-20-26)37-32(40)28-14-8-9-15-30(28)38-33(41)34(42)39-36-22-29-27-13-7-6-10-23(27)16-21-31(29)45-35(43)24-11-4-3-5-12-24/h3-22H,2H2,1H3,(H,37,40)(H,38,41)(H,39,42). The number of hydrogen-bond donors (Lipinski definition) is 3. The summed E-state index contributed by atoms with van der Waals surface area (Å²) in [5, 5.41) is 10.7. The Morgan fingerprint density at radius 1 is 0.733 bits per heavy atom. The molecule has 0 radical (unpaired) electrons. The molecule has 0 aliphatic rings. The monoisotopic (exact) mass is 600 g/mol. The first-order chi connectivity index (χ1) is 21.9. The third-order valence-corrected chi connectivity index (χ3v) is 6.55. The van der Waals surface area contributed by atoms with Gasteiger partial charge in [0.15, 0.2) is 0 Å². The predicted molar refractivity (Wildman–Crippen MR) is 172 cm³/mol. The number of ether oxygens (including phenoxy) is 2. The van der Waals surface area contributed by atoms with E-state index in [9.17, 15) is 19.2 Å². The van der Waals surface area contributed by atoms with Gasteiger partial charge in [-0.05, 0) is 72.3 Å². The van der Waals surface area contributed by atoms with Crippen LogP contribution in [0.2, 0.25) is 0 Å². The number of anilines is 2. The normalized spacial score (nSPS) is 10.7. The highest BCUT2D eigenvalue weighted by molar-refractivity contribution is 6.40. The molecule has 3 N–H and O–H groups in total. The van der Waals surface area contributed by atoms with Gasteiger partial charge in [0.2, 0.25) is 0 Å². The maximum Gasteiger partial charge on any atom is 0.343 e. The van der Waals surface area contributed by atoms with Crippen molar-refractivity contribution in [2.45, 2.75) is 6.92 Å².